The van der Waals surface area contributed by atoms with Crippen molar-refractivity contribution in [2.24, 2.45) is 0 Å². The van der Waals surface area contributed by atoms with Crippen LogP contribution in [0, 0.1) is 11.8 Å². The van der Waals surface area contributed by atoms with Crippen molar-refractivity contribution >= 4 is 6.09 Å². The lowest BCUT2D eigenvalue weighted by Crippen LogP contribution is -2.53. The minimum atomic E-state index is -1.63. The van der Waals surface area contributed by atoms with Crippen LogP contribution in [0.2, 0.25) is 0 Å². The Morgan fingerprint density at radius 2 is 1.64 bits per heavy atom. The van der Waals surface area contributed by atoms with Crippen molar-refractivity contribution in [3.05, 3.63) is 25.3 Å². The van der Waals surface area contributed by atoms with Crippen LogP contribution in [0.3, 0.4) is 0 Å². The molecule has 0 aromatic rings. The molecule has 0 unspecified atom stereocenters. The second kappa shape index (κ2) is 12.5. The zero-order chi connectivity index (χ0) is 21.9. The SMILES string of the molecule is C=CCN(CC=C)[C@H](C#CCNC(=O)OC(C)(C)C)[C@@H](O)[C@H](O)[C@H](O)[C@H](C)O. The first kappa shape index (κ1) is 26.1. The fraction of sp³-hybridized carbons (Fsp3) is 0.650. The minimum Gasteiger partial charge on any atom is -0.444 e. The number of nitrogens with one attached hydrogen (secondary N) is 1. The molecular weight excluding hydrogens is 364 g/mol. The first-order valence-corrected chi connectivity index (χ1v) is 9.08. The summed E-state index contributed by atoms with van der Waals surface area (Å²) in [5.41, 5.74) is -0.637. The van der Waals surface area contributed by atoms with Crippen molar-refractivity contribution in [2.45, 2.75) is 63.8 Å². The summed E-state index contributed by atoms with van der Waals surface area (Å²) in [7, 11) is 0. The van der Waals surface area contributed by atoms with E-state index in [-0.39, 0.29) is 6.54 Å². The van der Waals surface area contributed by atoms with E-state index in [9.17, 15) is 25.2 Å². The molecule has 28 heavy (non-hydrogen) atoms. The number of ether oxygens (including phenoxy) is 1. The predicted molar refractivity (Wildman–Crippen MR) is 107 cm³/mol. The summed E-state index contributed by atoms with van der Waals surface area (Å²) in [5.74, 6) is 5.51. The summed E-state index contributed by atoms with van der Waals surface area (Å²) >= 11 is 0. The molecule has 0 aliphatic rings. The second-order valence-corrected chi connectivity index (χ2v) is 7.37. The van der Waals surface area contributed by atoms with Crippen molar-refractivity contribution in [3.8, 4) is 11.8 Å². The van der Waals surface area contributed by atoms with Crippen LogP contribution in [-0.4, -0.2) is 87.1 Å². The number of rotatable bonds is 10. The van der Waals surface area contributed by atoms with E-state index in [1.54, 1.807) is 37.8 Å². The van der Waals surface area contributed by atoms with E-state index in [1.807, 2.05) is 0 Å². The van der Waals surface area contributed by atoms with Crippen LogP contribution in [0.25, 0.3) is 0 Å². The van der Waals surface area contributed by atoms with Crippen molar-refractivity contribution in [1.82, 2.24) is 10.2 Å². The number of hydrogen-bond donors (Lipinski definition) is 5. The lowest BCUT2D eigenvalue weighted by molar-refractivity contribution is -0.112. The molecule has 8 heteroatoms. The van der Waals surface area contributed by atoms with Gasteiger partial charge >= 0.3 is 6.09 Å². The highest BCUT2D eigenvalue weighted by molar-refractivity contribution is 5.68. The Balaban J connectivity index is 5.32. The van der Waals surface area contributed by atoms with E-state index < -0.39 is 42.2 Å². The molecule has 0 aromatic heterocycles. The maximum atomic E-state index is 11.7. The van der Waals surface area contributed by atoms with Crippen LogP contribution in [0.15, 0.2) is 25.3 Å². The van der Waals surface area contributed by atoms with E-state index in [4.69, 9.17) is 4.74 Å². The number of carbonyl (C=O) groups excluding carboxylic acids is 1. The van der Waals surface area contributed by atoms with Gasteiger partial charge in [-0.25, -0.2) is 4.79 Å². The highest BCUT2D eigenvalue weighted by atomic mass is 16.6. The lowest BCUT2D eigenvalue weighted by Gasteiger charge is -2.34. The molecule has 8 nitrogen and oxygen atoms in total. The number of alkyl carbamates (subject to hydrolysis) is 1. The molecule has 0 saturated carbocycles. The predicted octanol–water partition coefficient (Wildman–Crippen LogP) is 0.0206. The average molecular weight is 399 g/mol. The molecule has 0 spiro atoms. The van der Waals surface area contributed by atoms with Gasteiger partial charge in [0.15, 0.2) is 0 Å². The first-order valence-electron chi connectivity index (χ1n) is 9.08. The summed E-state index contributed by atoms with van der Waals surface area (Å²) < 4.78 is 5.11. The van der Waals surface area contributed by atoms with Gasteiger partial charge in [0.1, 0.15) is 30.0 Å². The van der Waals surface area contributed by atoms with Gasteiger partial charge in [0.25, 0.3) is 0 Å². The van der Waals surface area contributed by atoms with Gasteiger partial charge in [0.05, 0.1) is 12.6 Å². The third kappa shape index (κ3) is 9.88. The van der Waals surface area contributed by atoms with E-state index in [0.717, 1.165) is 0 Å². The van der Waals surface area contributed by atoms with Crippen molar-refractivity contribution in [3.63, 3.8) is 0 Å². The van der Waals surface area contributed by atoms with Crippen LogP contribution < -0.4 is 5.32 Å². The van der Waals surface area contributed by atoms with Gasteiger partial charge in [0.2, 0.25) is 0 Å². The van der Waals surface area contributed by atoms with Gasteiger partial charge in [-0.15, -0.1) is 13.2 Å². The Morgan fingerprint density at radius 3 is 2.07 bits per heavy atom. The highest BCUT2D eigenvalue weighted by Crippen LogP contribution is 2.13. The van der Waals surface area contributed by atoms with Crippen LogP contribution in [0.4, 0.5) is 4.79 Å². The summed E-state index contributed by atoms with van der Waals surface area (Å²) in [6, 6.07) is -0.903. The third-order valence-corrected chi connectivity index (χ3v) is 3.61. The molecular formula is C20H34N2O6. The molecule has 0 aromatic carbocycles. The standard InChI is InChI=1S/C20H34N2O6/c1-7-12-22(13-8-2)15(17(25)18(26)16(24)14(3)23)10-9-11-21-19(27)28-20(4,5)6/h7-8,14-18,23-26H,1-2,11-13H2,3-6H3,(H,21,27)/t14-,15+,16+,17+,18+/m0/s1. The summed E-state index contributed by atoms with van der Waals surface area (Å²) in [5, 5.41) is 42.5. The quantitative estimate of drug-likeness (QED) is 0.260. The molecule has 0 aliphatic heterocycles. The van der Waals surface area contributed by atoms with E-state index in [2.05, 4.69) is 30.3 Å². The zero-order valence-corrected chi connectivity index (χ0v) is 17.1. The van der Waals surface area contributed by atoms with Crippen molar-refractivity contribution in [2.75, 3.05) is 19.6 Å². The van der Waals surface area contributed by atoms with Gasteiger partial charge in [-0.3, -0.25) is 4.90 Å². The number of hydrogen-bond acceptors (Lipinski definition) is 7. The molecule has 5 N–H and O–H groups in total. The summed E-state index contributed by atoms with van der Waals surface area (Å²) in [6.07, 6.45) is -3.33. The Hall–Kier alpha value is -1.89. The van der Waals surface area contributed by atoms with Gasteiger partial charge < -0.3 is 30.5 Å². The molecule has 0 rings (SSSR count). The van der Waals surface area contributed by atoms with E-state index in [0.29, 0.717) is 13.1 Å². The van der Waals surface area contributed by atoms with E-state index >= 15 is 0 Å². The molecule has 0 radical (unpaired) electrons. The number of carbonyl (C=O) groups is 1. The summed E-state index contributed by atoms with van der Waals surface area (Å²) in [4.78, 5) is 13.3. The Kier molecular flexibility index (Phi) is 11.7. The van der Waals surface area contributed by atoms with E-state index in [1.165, 1.54) is 6.92 Å². The van der Waals surface area contributed by atoms with Crippen LogP contribution in [-0.2, 0) is 4.74 Å². The van der Waals surface area contributed by atoms with Crippen LogP contribution in [0.1, 0.15) is 27.7 Å². The highest BCUT2D eigenvalue weighted by Gasteiger charge is 2.35. The fourth-order valence-electron chi connectivity index (χ4n) is 2.29. The normalized spacial score (nSPS) is 16.8. The number of aliphatic hydroxyl groups excluding tert-OH is 4. The third-order valence-electron chi connectivity index (χ3n) is 3.61. The van der Waals surface area contributed by atoms with Crippen molar-refractivity contribution < 1.29 is 30.0 Å². The molecule has 1 amide bonds. The molecule has 5 atom stereocenters. The fourth-order valence-corrected chi connectivity index (χ4v) is 2.29. The maximum Gasteiger partial charge on any atom is 0.408 e. The van der Waals surface area contributed by atoms with Crippen molar-refractivity contribution in [1.29, 1.82) is 0 Å². The van der Waals surface area contributed by atoms with Gasteiger partial charge in [-0.05, 0) is 27.7 Å². The second-order valence-electron chi connectivity index (χ2n) is 7.37. The Morgan fingerprint density at radius 1 is 1.11 bits per heavy atom. The largest absolute Gasteiger partial charge is 0.444 e. The lowest BCUT2D eigenvalue weighted by atomic mass is 9.97. The average Bonchev–Trinajstić information content (AvgIpc) is 2.58. The Bertz CT molecular complexity index is 551. The Labute approximate surface area is 167 Å². The number of aliphatic hydroxyl groups is 4. The zero-order valence-electron chi connectivity index (χ0n) is 17.1. The minimum absolute atomic E-state index is 0.0385. The monoisotopic (exact) mass is 398 g/mol. The molecule has 0 heterocycles. The maximum absolute atomic E-state index is 11.7. The summed E-state index contributed by atoms with van der Waals surface area (Å²) in [6.45, 7) is 14.5. The van der Waals surface area contributed by atoms with Gasteiger partial charge in [-0.2, -0.15) is 0 Å². The molecule has 0 fully saturated rings. The van der Waals surface area contributed by atoms with Crippen LogP contribution in [0.5, 0.6) is 0 Å². The topological polar surface area (TPSA) is 122 Å². The first-order chi connectivity index (χ1) is 12.9. The molecule has 0 saturated heterocycles. The number of nitrogens with zero attached hydrogens (tertiary/aromatic N) is 1. The number of amides is 1. The smallest absolute Gasteiger partial charge is 0.408 e. The van der Waals surface area contributed by atoms with Crippen LogP contribution >= 0.6 is 0 Å². The van der Waals surface area contributed by atoms with Gasteiger partial charge in [-0.1, -0.05) is 24.0 Å². The molecule has 0 bridgehead atoms. The van der Waals surface area contributed by atoms with Gasteiger partial charge in [0, 0.05) is 13.1 Å². The molecule has 0 aliphatic carbocycles. The molecule has 160 valence electrons.